The molecule has 0 N–H and O–H groups in total. The average molecular weight is 311 g/mol. The standard InChI is InChI=1S/C18H18NO2P/c20-22(13-7-3-1-4-8-13,14-9-5-2-6-10-14)19-15-11-17-18(21-17)12-16(15)19/h1-10,15-18H,11-12H2/t15-,16+,17-,18+,19?. The van der Waals surface area contributed by atoms with E-state index in [0.29, 0.717) is 24.3 Å². The lowest BCUT2D eigenvalue weighted by molar-refractivity contribution is 0.357. The second-order valence-electron chi connectivity index (χ2n) is 6.45. The molecular weight excluding hydrogens is 293 g/mol. The van der Waals surface area contributed by atoms with Gasteiger partial charge in [0.1, 0.15) is 0 Å². The zero-order valence-electron chi connectivity index (χ0n) is 12.2. The molecule has 0 spiro atoms. The Bertz CT molecular complexity index is 689. The summed E-state index contributed by atoms with van der Waals surface area (Å²) in [6.07, 6.45) is 2.93. The van der Waals surface area contributed by atoms with Crippen molar-refractivity contribution >= 4 is 17.9 Å². The number of nitrogens with zero attached hydrogens (tertiary/aromatic N) is 1. The third-order valence-electron chi connectivity index (χ3n) is 5.21. The summed E-state index contributed by atoms with van der Waals surface area (Å²) in [5.74, 6) is 0. The van der Waals surface area contributed by atoms with Gasteiger partial charge in [-0.05, 0) is 37.1 Å². The molecule has 0 aromatic heterocycles. The van der Waals surface area contributed by atoms with Crippen LogP contribution in [0.4, 0.5) is 0 Å². The molecule has 3 aliphatic rings. The molecule has 0 amide bonds. The zero-order chi connectivity index (χ0) is 14.7. The van der Waals surface area contributed by atoms with E-state index in [1.165, 1.54) is 0 Å². The summed E-state index contributed by atoms with van der Waals surface area (Å²) >= 11 is 0. The van der Waals surface area contributed by atoms with Crippen molar-refractivity contribution in [2.45, 2.75) is 37.1 Å². The topological polar surface area (TPSA) is 32.6 Å². The van der Waals surface area contributed by atoms with Crippen LogP contribution < -0.4 is 10.6 Å². The molecule has 5 rings (SSSR count). The van der Waals surface area contributed by atoms with Crippen LogP contribution in [0, 0.1) is 0 Å². The Morgan fingerprint density at radius 1 is 0.818 bits per heavy atom. The highest BCUT2D eigenvalue weighted by molar-refractivity contribution is 7.76. The maximum atomic E-state index is 14.2. The zero-order valence-corrected chi connectivity index (χ0v) is 13.1. The number of benzene rings is 2. The van der Waals surface area contributed by atoms with Crippen LogP contribution in [-0.2, 0) is 9.30 Å². The van der Waals surface area contributed by atoms with E-state index in [2.05, 4.69) is 4.67 Å². The summed E-state index contributed by atoms with van der Waals surface area (Å²) < 4.78 is 22.1. The molecule has 2 aromatic carbocycles. The molecule has 3 fully saturated rings. The largest absolute Gasteiger partial charge is 0.369 e. The normalized spacial score (nSPS) is 35.4. The number of rotatable bonds is 3. The van der Waals surface area contributed by atoms with Gasteiger partial charge in [-0.3, -0.25) is 4.57 Å². The Morgan fingerprint density at radius 2 is 1.27 bits per heavy atom. The third kappa shape index (κ3) is 1.80. The highest BCUT2D eigenvalue weighted by atomic mass is 31.2. The van der Waals surface area contributed by atoms with Crippen molar-refractivity contribution in [1.29, 1.82) is 0 Å². The van der Waals surface area contributed by atoms with E-state index in [1.54, 1.807) is 0 Å². The van der Waals surface area contributed by atoms with E-state index in [4.69, 9.17) is 4.74 Å². The molecule has 1 aliphatic carbocycles. The van der Waals surface area contributed by atoms with Gasteiger partial charge in [-0.25, -0.2) is 4.67 Å². The summed E-state index contributed by atoms with van der Waals surface area (Å²) in [5, 5.41) is 1.90. The maximum absolute atomic E-state index is 14.2. The van der Waals surface area contributed by atoms with Crippen molar-refractivity contribution in [2.75, 3.05) is 0 Å². The van der Waals surface area contributed by atoms with Crippen LogP contribution >= 0.6 is 7.29 Å². The lowest BCUT2D eigenvalue weighted by Gasteiger charge is -2.22. The Labute approximate surface area is 130 Å². The minimum atomic E-state index is -2.72. The van der Waals surface area contributed by atoms with Gasteiger partial charge in [0.25, 0.3) is 0 Å². The van der Waals surface area contributed by atoms with E-state index in [9.17, 15) is 4.57 Å². The van der Waals surface area contributed by atoms with Gasteiger partial charge < -0.3 is 4.74 Å². The van der Waals surface area contributed by atoms with Crippen LogP contribution in [0.5, 0.6) is 0 Å². The Kier molecular flexibility index (Phi) is 2.70. The Hall–Kier alpha value is -1.41. The molecule has 2 aliphatic heterocycles. The molecule has 0 radical (unpaired) electrons. The van der Waals surface area contributed by atoms with Gasteiger partial charge in [-0.2, -0.15) is 0 Å². The number of hydrogen-bond donors (Lipinski definition) is 0. The Morgan fingerprint density at radius 3 is 1.73 bits per heavy atom. The van der Waals surface area contributed by atoms with Crippen LogP contribution in [0.3, 0.4) is 0 Å². The number of ether oxygens (including phenoxy) is 1. The number of hydrogen-bond acceptors (Lipinski definition) is 2. The van der Waals surface area contributed by atoms with Gasteiger partial charge in [-0.15, -0.1) is 0 Å². The average Bonchev–Trinajstić information content (AvgIpc) is 3.48. The summed E-state index contributed by atoms with van der Waals surface area (Å²) in [6.45, 7) is 0. The van der Waals surface area contributed by atoms with E-state index >= 15 is 0 Å². The molecule has 1 saturated carbocycles. The van der Waals surface area contributed by atoms with Gasteiger partial charge in [0.05, 0.1) is 12.2 Å². The molecule has 2 aromatic rings. The molecule has 2 heterocycles. The molecule has 4 heteroatoms. The second kappa shape index (κ2) is 4.55. The van der Waals surface area contributed by atoms with Crippen molar-refractivity contribution in [2.24, 2.45) is 0 Å². The first kappa shape index (κ1) is 13.1. The van der Waals surface area contributed by atoms with E-state index < -0.39 is 7.29 Å². The summed E-state index contributed by atoms with van der Waals surface area (Å²) in [6, 6.07) is 20.8. The van der Waals surface area contributed by atoms with Crippen molar-refractivity contribution in [3.05, 3.63) is 60.7 Å². The molecule has 22 heavy (non-hydrogen) atoms. The Balaban J connectivity index is 1.60. The van der Waals surface area contributed by atoms with Crippen molar-refractivity contribution in [3.8, 4) is 0 Å². The van der Waals surface area contributed by atoms with Gasteiger partial charge in [0, 0.05) is 22.7 Å². The molecule has 1 unspecified atom stereocenters. The monoisotopic (exact) mass is 311 g/mol. The second-order valence-corrected chi connectivity index (χ2v) is 9.09. The predicted octanol–water partition coefficient (Wildman–Crippen LogP) is 2.53. The highest BCUT2D eigenvalue weighted by Crippen LogP contribution is 2.63. The highest BCUT2D eigenvalue weighted by Gasteiger charge is 2.65. The van der Waals surface area contributed by atoms with Crippen LogP contribution in [0.1, 0.15) is 12.8 Å². The number of epoxide rings is 1. The molecule has 2 saturated heterocycles. The first-order valence-corrected chi connectivity index (χ1v) is 9.60. The minimum absolute atomic E-state index is 0.422. The van der Waals surface area contributed by atoms with Crippen LogP contribution in [-0.4, -0.2) is 29.0 Å². The fourth-order valence-corrected chi connectivity index (χ4v) is 7.27. The smallest absolute Gasteiger partial charge is 0.207 e. The van der Waals surface area contributed by atoms with Gasteiger partial charge >= 0.3 is 0 Å². The fourth-order valence-electron chi connectivity index (χ4n) is 4.01. The molecular formula is C18H18NO2P. The predicted molar refractivity (Wildman–Crippen MR) is 87.1 cm³/mol. The first-order chi connectivity index (χ1) is 10.8. The quantitative estimate of drug-likeness (QED) is 0.645. The number of fused-ring (bicyclic) bond motifs is 2. The van der Waals surface area contributed by atoms with E-state index in [-0.39, 0.29) is 0 Å². The minimum Gasteiger partial charge on any atom is -0.369 e. The van der Waals surface area contributed by atoms with Crippen LogP contribution in [0.15, 0.2) is 60.7 Å². The van der Waals surface area contributed by atoms with Gasteiger partial charge in [0.2, 0.25) is 7.29 Å². The maximum Gasteiger partial charge on any atom is 0.207 e. The van der Waals surface area contributed by atoms with Crippen molar-refractivity contribution in [1.82, 2.24) is 4.67 Å². The third-order valence-corrected chi connectivity index (χ3v) is 8.45. The van der Waals surface area contributed by atoms with E-state index in [1.807, 2.05) is 60.7 Å². The van der Waals surface area contributed by atoms with Crippen molar-refractivity contribution < 1.29 is 9.30 Å². The fraction of sp³-hybridized carbons (Fsp3) is 0.333. The van der Waals surface area contributed by atoms with Crippen molar-refractivity contribution in [3.63, 3.8) is 0 Å². The molecule has 5 atom stereocenters. The van der Waals surface area contributed by atoms with E-state index in [0.717, 1.165) is 23.5 Å². The molecule has 3 nitrogen and oxygen atoms in total. The van der Waals surface area contributed by atoms with Crippen LogP contribution in [0.25, 0.3) is 0 Å². The first-order valence-electron chi connectivity index (χ1n) is 7.94. The van der Waals surface area contributed by atoms with Gasteiger partial charge in [0.15, 0.2) is 0 Å². The lowest BCUT2D eigenvalue weighted by atomic mass is 10.0. The summed E-state index contributed by atoms with van der Waals surface area (Å²) in [4.78, 5) is 0. The summed E-state index contributed by atoms with van der Waals surface area (Å²) in [5.41, 5.74) is 0. The molecule has 112 valence electrons. The molecule has 0 bridgehead atoms. The van der Waals surface area contributed by atoms with Crippen LogP contribution in [0.2, 0.25) is 0 Å². The summed E-state index contributed by atoms with van der Waals surface area (Å²) in [7, 11) is -2.72. The lowest BCUT2D eigenvalue weighted by Crippen LogP contribution is -2.23. The van der Waals surface area contributed by atoms with Gasteiger partial charge in [-0.1, -0.05) is 36.4 Å². The SMILES string of the molecule is O=P(c1ccccc1)(c1ccccc1)N1[C@@H]2C[C@H]3O[C@H]3C[C@@H]21.